The molecule has 0 radical (unpaired) electrons. The lowest BCUT2D eigenvalue weighted by atomic mass is 9.79. The van der Waals surface area contributed by atoms with Crippen molar-refractivity contribution in [2.24, 2.45) is 5.92 Å². The summed E-state index contributed by atoms with van der Waals surface area (Å²) >= 11 is 6.99. The van der Waals surface area contributed by atoms with Gasteiger partial charge in [0, 0.05) is 13.2 Å². The lowest BCUT2D eigenvalue weighted by Crippen LogP contribution is -2.36. The first kappa shape index (κ1) is 29.5. The number of benzene rings is 1. The first-order valence-electron chi connectivity index (χ1n) is 13.6. The lowest BCUT2D eigenvalue weighted by Gasteiger charge is -2.35. The first-order valence-corrected chi connectivity index (χ1v) is 14.0. The van der Waals surface area contributed by atoms with E-state index >= 15 is 0 Å². The van der Waals surface area contributed by atoms with E-state index in [4.69, 9.17) is 11.6 Å². The van der Waals surface area contributed by atoms with Gasteiger partial charge >= 0.3 is 0 Å². The Morgan fingerprint density at radius 2 is 1.12 bits per heavy atom. The Bertz CT molecular complexity index is 513. The summed E-state index contributed by atoms with van der Waals surface area (Å²) < 4.78 is 0. The monoisotopic (exact) mass is 466 g/mol. The molecular formula is C29H51ClO2. The van der Waals surface area contributed by atoms with Gasteiger partial charge in [-0.25, -0.2) is 0 Å². The average molecular weight is 467 g/mol. The largest absolute Gasteiger partial charge is 0.396 e. The smallest absolute Gasteiger partial charge is 0.0521 e. The predicted octanol–water partition coefficient (Wildman–Crippen LogP) is 8.46. The number of halogens is 1. The highest BCUT2D eigenvalue weighted by Crippen LogP contribution is 2.38. The Balaban J connectivity index is 2.24. The third-order valence-corrected chi connectivity index (χ3v) is 7.70. The second-order valence-corrected chi connectivity index (χ2v) is 10.5. The number of aliphatic hydroxyl groups excluding tert-OH is 2. The van der Waals surface area contributed by atoms with Gasteiger partial charge in [0.05, 0.1) is 4.87 Å². The van der Waals surface area contributed by atoms with Gasteiger partial charge in [0.1, 0.15) is 0 Å². The Kier molecular flexibility index (Phi) is 18.3. The second-order valence-electron chi connectivity index (χ2n) is 9.75. The van der Waals surface area contributed by atoms with Crippen LogP contribution in [0.5, 0.6) is 0 Å². The van der Waals surface area contributed by atoms with Crippen LogP contribution in [0.4, 0.5) is 0 Å². The molecule has 0 aliphatic heterocycles. The van der Waals surface area contributed by atoms with Gasteiger partial charge in [-0.05, 0) is 37.2 Å². The summed E-state index contributed by atoms with van der Waals surface area (Å²) in [5.74, 6) is 0.281. The van der Waals surface area contributed by atoms with Crippen molar-refractivity contribution in [3.05, 3.63) is 35.9 Å². The summed E-state index contributed by atoms with van der Waals surface area (Å²) in [5, 5.41) is 19.1. The van der Waals surface area contributed by atoms with Crippen LogP contribution >= 0.6 is 11.6 Å². The van der Waals surface area contributed by atoms with E-state index in [-0.39, 0.29) is 19.1 Å². The quantitative estimate of drug-likeness (QED) is 0.133. The maximum Gasteiger partial charge on any atom is 0.0521 e. The summed E-state index contributed by atoms with van der Waals surface area (Å²) in [7, 11) is 0. The van der Waals surface area contributed by atoms with Gasteiger partial charge in [-0.1, -0.05) is 127 Å². The first-order chi connectivity index (χ1) is 15.7. The molecule has 0 amide bonds. The van der Waals surface area contributed by atoms with Crippen molar-refractivity contribution in [3.63, 3.8) is 0 Å². The van der Waals surface area contributed by atoms with Crippen LogP contribution in [0.25, 0.3) is 0 Å². The van der Waals surface area contributed by atoms with Crippen LogP contribution in [-0.4, -0.2) is 28.3 Å². The summed E-state index contributed by atoms with van der Waals surface area (Å²) in [6, 6.07) is 10.5. The Labute approximate surface area is 204 Å². The van der Waals surface area contributed by atoms with Crippen LogP contribution in [0.15, 0.2) is 30.3 Å². The molecule has 1 aromatic carbocycles. The van der Waals surface area contributed by atoms with E-state index in [2.05, 4.69) is 31.2 Å². The van der Waals surface area contributed by atoms with Crippen LogP contribution in [0.2, 0.25) is 0 Å². The summed E-state index contributed by atoms with van der Waals surface area (Å²) in [4.78, 5) is -0.518. The van der Waals surface area contributed by atoms with Crippen LogP contribution < -0.4 is 0 Å². The summed E-state index contributed by atoms with van der Waals surface area (Å²) in [6.45, 7) is 2.43. The minimum absolute atomic E-state index is 0.0769. The molecule has 0 fully saturated rings. The highest BCUT2D eigenvalue weighted by atomic mass is 35.5. The SMILES string of the molecule is CCCCCCCCCCCCCCCCC(Cc1ccccc1)C(Cl)(CCO)CCO. The highest BCUT2D eigenvalue weighted by Gasteiger charge is 2.35. The fourth-order valence-electron chi connectivity index (χ4n) is 4.93. The topological polar surface area (TPSA) is 40.5 Å². The Morgan fingerprint density at radius 3 is 1.56 bits per heavy atom. The molecule has 1 aromatic rings. The third-order valence-electron chi connectivity index (χ3n) is 7.02. The van der Waals surface area contributed by atoms with E-state index in [1.807, 2.05) is 6.07 Å². The van der Waals surface area contributed by atoms with Gasteiger partial charge in [0.2, 0.25) is 0 Å². The maximum atomic E-state index is 9.57. The number of rotatable bonds is 22. The number of hydrogen-bond acceptors (Lipinski definition) is 2. The molecule has 1 atom stereocenters. The van der Waals surface area contributed by atoms with E-state index in [0.29, 0.717) is 12.8 Å². The molecular weight excluding hydrogens is 416 g/mol. The van der Waals surface area contributed by atoms with Crippen molar-refractivity contribution in [2.45, 2.75) is 127 Å². The fourth-order valence-corrected chi connectivity index (χ4v) is 5.29. The van der Waals surface area contributed by atoms with Crippen molar-refractivity contribution in [2.75, 3.05) is 13.2 Å². The molecule has 0 spiro atoms. The van der Waals surface area contributed by atoms with E-state index in [1.165, 1.54) is 95.5 Å². The second kappa shape index (κ2) is 19.9. The fraction of sp³-hybridized carbons (Fsp3) is 0.793. The Hall–Kier alpha value is -0.570. The van der Waals surface area contributed by atoms with Gasteiger partial charge in [0.25, 0.3) is 0 Å². The van der Waals surface area contributed by atoms with Crippen LogP contribution in [0.1, 0.15) is 122 Å². The van der Waals surface area contributed by atoms with Crippen LogP contribution in [0.3, 0.4) is 0 Å². The number of unbranched alkanes of at least 4 members (excludes halogenated alkanes) is 13. The standard InChI is InChI=1S/C29H51ClO2/c1-2-3-4-5-6-7-8-9-10-11-12-13-14-18-21-28(26-27-19-16-15-17-20-27)29(30,22-24-31)23-25-32/h15-17,19-20,28,31-32H,2-14,18,21-26H2,1H3. The van der Waals surface area contributed by atoms with Gasteiger partial charge < -0.3 is 10.2 Å². The third kappa shape index (κ3) is 13.9. The molecule has 1 rings (SSSR count). The molecule has 0 heterocycles. The number of aliphatic hydroxyl groups is 2. The molecule has 0 aliphatic rings. The zero-order chi connectivity index (χ0) is 23.3. The normalized spacial score (nSPS) is 12.9. The van der Waals surface area contributed by atoms with E-state index in [9.17, 15) is 10.2 Å². The summed E-state index contributed by atoms with van der Waals surface area (Å²) in [6.07, 6.45) is 22.2. The van der Waals surface area contributed by atoms with Crippen molar-refractivity contribution in [1.29, 1.82) is 0 Å². The molecule has 1 unspecified atom stereocenters. The molecule has 2 nitrogen and oxygen atoms in total. The number of alkyl halides is 1. The van der Waals surface area contributed by atoms with Gasteiger partial charge in [-0.3, -0.25) is 0 Å². The molecule has 0 bridgehead atoms. The molecule has 0 aromatic heterocycles. The Morgan fingerprint density at radius 1 is 0.688 bits per heavy atom. The van der Waals surface area contributed by atoms with E-state index in [0.717, 1.165) is 12.8 Å². The van der Waals surface area contributed by atoms with E-state index < -0.39 is 4.87 Å². The highest BCUT2D eigenvalue weighted by molar-refractivity contribution is 6.24. The molecule has 32 heavy (non-hydrogen) atoms. The molecule has 0 saturated carbocycles. The lowest BCUT2D eigenvalue weighted by molar-refractivity contribution is 0.186. The molecule has 3 heteroatoms. The molecule has 2 N–H and O–H groups in total. The van der Waals surface area contributed by atoms with Crippen molar-refractivity contribution < 1.29 is 10.2 Å². The molecule has 0 aliphatic carbocycles. The zero-order valence-corrected chi connectivity index (χ0v) is 21.6. The van der Waals surface area contributed by atoms with Crippen LogP contribution in [-0.2, 0) is 6.42 Å². The molecule has 186 valence electrons. The average Bonchev–Trinajstić information content (AvgIpc) is 2.79. The van der Waals surface area contributed by atoms with Gasteiger partial charge in [-0.2, -0.15) is 0 Å². The minimum Gasteiger partial charge on any atom is -0.396 e. The number of hydrogen-bond donors (Lipinski definition) is 2. The maximum absolute atomic E-state index is 9.57. The van der Waals surface area contributed by atoms with Crippen molar-refractivity contribution in [1.82, 2.24) is 0 Å². The summed E-state index contributed by atoms with van der Waals surface area (Å²) in [5.41, 5.74) is 1.30. The predicted molar refractivity (Wildman–Crippen MR) is 141 cm³/mol. The minimum atomic E-state index is -0.518. The van der Waals surface area contributed by atoms with Gasteiger partial charge in [0.15, 0.2) is 0 Å². The van der Waals surface area contributed by atoms with Crippen LogP contribution in [0, 0.1) is 5.92 Å². The van der Waals surface area contributed by atoms with Crippen molar-refractivity contribution >= 4 is 11.6 Å². The molecule has 0 saturated heterocycles. The van der Waals surface area contributed by atoms with Gasteiger partial charge in [-0.15, -0.1) is 11.6 Å². The zero-order valence-electron chi connectivity index (χ0n) is 20.9. The van der Waals surface area contributed by atoms with Crippen molar-refractivity contribution in [3.8, 4) is 0 Å². The van der Waals surface area contributed by atoms with E-state index in [1.54, 1.807) is 0 Å².